The van der Waals surface area contributed by atoms with Gasteiger partial charge in [0.25, 0.3) is 0 Å². The summed E-state index contributed by atoms with van der Waals surface area (Å²) in [5.74, 6) is 0. The van der Waals surface area contributed by atoms with Crippen LogP contribution in [0.4, 0.5) is 5.69 Å². The second-order valence-corrected chi connectivity index (χ2v) is 13.0. The highest BCUT2D eigenvalue weighted by Crippen LogP contribution is 2.37. The number of aromatic nitrogens is 1. The molecule has 0 atom stereocenters. The third-order valence-electron chi connectivity index (χ3n) is 9.69. The average Bonchev–Trinajstić information content (AvgIpc) is 3.56. The molecular formula is C50H42N4. The van der Waals surface area contributed by atoms with Gasteiger partial charge in [0.15, 0.2) is 0 Å². The molecule has 1 aromatic heterocycles. The van der Waals surface area contributed by atoms with Gasteiger partial charge in [-0.3, -0.25) is 4.99 Å². The van der Waals surface area contributed by atoms with Gasteiger partial charge in [-0.15, -0.1) is 0 Å². The number of allylic oxidation sites excluding steroid dienone is 1. The molecule has 0 saturated heterocycles. The smallest absolute Gasteiger partial charge is 0.0547 e. The van der Waals surface area contributed by atoms with Crippen molar-refractivity contribution in [1.82, 2.24) is 4.57 Å². The molecule has 2 N–H and O–H groups in total. The number of hydrogen-bond donors (Lipinski definition) is 2. The first-order valence-corrected chi connectivity index (χ1v) is 18.1. The minimum Gasteiger partial charge on any atom is -0.388 e. The summed E-state index contributed by atoms with van der Waals surface area (Å²) in [6.07, 6.45) is 2.84. The predicted molar refractivity (Wildman–Crippen MR) is 235 cm³/mol. The van der Waals surface area contributed by atoms with Gasteiger partial charge in [-0.25, -0.2) is 0 Å². The Balaban J connectivity index is 0.000000154. The second kappa shape index (κ2) is 16.5. The van der Waals surface area contributed by atoms with Crippen molar-refractivity contribution >= 4 is 67.5 Å². The summed E-state index contributed by atoms with van der Waals surface area (Å²) < 4.78 is 2.43. The highest BCUT2D eigenvalue weighted by Gasteiger charge is 2.15. The van der Waals surface area contributed by atoms with E-state index < -0.39 is 0 Å². The first-order valence-electron chi connectivity index (χ1n) is 18.1. The maximum Gasteiger partial charge on any atom is 0.0547 e. The third kappa shape index (κ3) is 7.32. The zero-order valence-electron chi connectivity index (χ0n) is 30.6. The van der Waals surface area contributed by atoms with Crippen LogP contribution in [0, 0.1) is 12.3 Å². The zero-order chi connectivity index (χ0) is 37.3. The van der Waals surface area contributed by atoms with Crippen LogP contribution >= 0.6 is 0 Å². The number of aliphatic imine (C=N–C) groups is 1. The Morgan fingerprint density at radius 1 is 0.593 bits per heavy atom. The summed E-state index contributed by atoms with van der Waals surface area (Å²) >= 11 is 0. The van der Waals surface area contributed by atoms with E-state index in [9.17, 15) is 0 Å². The van der Waals surface area contributed by atoms with Gasteiger partial charge >= 0.3 is 0 Å². The van der Waals surface area contributed by atoms with E-state index in [1.165, 1.54) is 77.6 Å². The van der Waals surface area contributed by atoms with Gasteiger partial charge in [0.05, 0.1) is 16.7 Å². The number of nitrogens with zero attached hydrogens (tertiary/aromatic N) is 2. The van der Waals surface area contributed by atoms with Gasteiger partial charge in [-0.1, -0.05) is 158 Å². The Hall–Kier alpha value is -7.04. The Bertz CT molecular complexity index is 2740. The van der Waals surface area contributed by atoms with E-state index in [1.807, 2.05) is 37.4 Å². The minimum atomic E-state index is 0.769. The van der Waals surface area contributed by atoms with Gasteiger partial charge in [0, 0.05) is 52.3 Å². The molecule has 54 heavy (non-hydrogen) atoms. The molecule has 1 heterocycles. The van der Waals surface area contributed by atoms with E-state index in [2.05, 4.69) is 180 Å². The lowest BCUT2D eigenvalue weighted by Crippen LogP contribution is -1.95. The molecule has 0 amide bonds. The molecule has 9 aromatic rings. The lowest BCUT2D eigenvalue weighted by atomic mass is 9.99. The molecule has 0 aliphatic heterocycles. The zero-order valence-corrected chi connectivity index (χ0v) is 30.6. The van der Waals surface area contributed by atoms with Crippen molar-refractivity contribution in [1.29, 1.82) is 5.41 Å². The van der Waals surface area contributed by atoms with Crippen molar-refractivity contribution in [2.45, 2.75) is 6.92 Å². The molecule has 0 aliphatic rings. The summed E-state index contributed by atoms with van der Waals surface area (Å²) in [6.45, 7) is 5.52. The quantitative estimate of drug-likeness (QED) is 0.167. The van der Waals surface area contributed by atoms with Gasteiger partial charge in [0.1, 0.15) is 0 Å². The molecule has 0 radical (unpaired) electrons. The average molecular weight is 699 g/mol. The molecule has 0 spiro atoms. The Morgan fingerprint density at radius 3 is 1.91 bits per heavy atom. The van der Waals surface area contributed by atoms with Crippen molar-refractivity contribution in [3.63, 3.8) is 0 Å². The maximum absolute atomic E-state index is 7.12. The molecule has 4 heteroatoms. The summed E-state index contributed by atoms with van der Waals surface area (Å²) in [7, 11) is 1.95. The third-order valence-corrected chi connectivity index (χ3v) is 9.69. The Labute approximate surface area is 316 Å². The van der Waals surface area contributed by atoms with Gasteiger partial charge in [-0.2, -0.15) is 0 Å². The first-order chi connectivity index (χ1) is 26.6. The highest BCUT2D eigenvalue weighted by molar-refractivity contribution is 6.11. The van der Waals surface area contributed by atoms with Crippen LogP contribution in [0.25, 0.3) is 65.7 Å². The molecule has 0 bridgehead atoms. The number of para-hydroxylation sites is 1. The van der Waals surface area contributed by atoms with Gasteiger partial charge in [0.2, 0.25) is 0 Å². The number of hydrogen-bond acceptors (Lipinski definition) is 3. The molecule has 8 aromatic carbocycles. The Kier molecular flexibility index (Phi) is 10.8. The van der Waals surface area contributed by atoms with Crippen LogP contribution < -0.4 is 5.32 Å². The first kappa shape index (κ1) is 35.4. The number of benzene rings is 8. The van der Waals surface area contributed by atoms with Crippen LogP contribution in [0.5, 0.6) is 0 Å². The molecule has 0 saturated carbocycles. The van der Waals surface area contributed by atoms with E-state index >= 15 is 0 Å². The molecule has 9 rings (SSSR count). The van der Waals surface area contributed by atoms with Gasteiger partial charge < -0.3 is 15.3 Å². The topological polar surface area (TPSA) is 53.2 Å². The lowest BCUT2D eigenvalue weighted by Gasteiger charge is -2.12. The second-order valence-electron chi connectivity index (χ2n) is 13.0. The van der Waals surface area contributed by atoms with Crippen molar-refractivity contribution in [2.24, 2.45) is 4.99 Å². The highest BCUT2D eigenvalue weighted by atomic mass is 15.0. The van der Waals surface area contributed by atoms with Crippen LogP contribution in [0.3, 0.4) is 0 Å². The van der Waals surface area contributed by atoms with Crippen molar-refractivity contribution < 1.29 is 0 Å². The lowest BCUT2D eigenvalue weighted by molar-refractivity contribution is 1.20. The minimum absolute atomic E-state index is 0.769. The van der Waals surface area contributed by atoms with E-state index in [0.717, 1.165) is 11.1 Å². The van der Waals surface area contributed by atoms with Crippen LogP contribution in [0.1, 0.15) is 11.1 Å². The van der Waals surface area contributed by atoms with Gasteiger partial charge in [-0.05, 0) is 70.9 Å². The fourth-order valence-electron chi connectivity index (χ4n) is 7.07. The number of nitrogens with one attached hydrogen (secondary N) is 2. The molecule has 0 unspecified atom stereocenters. The van der Waals surface area contributed by atoms with Crippen LogP contribution in [-0.4, -0.2) is 24.5 Å². The fraction of sp³-hybridized carbons (Fsp3) is 0.0400. The summed E-state index contributed by atoms with van der Waals surface area (Å²) in [5.41, 5.74) is 10.5. The molecule has 4 nitrogen and oxygen atoms in total. The molecular weight excluding hydrogens is 657 g/mol. The van der Waals surface area contributed by atoms with Crippen molar-refractivity contribution in [3.05, 3.63) is 199 Å². The van der Waals surface area contributed by atoms with E-state index in [-0.39, 0.29) is 0 Å². The monoisotopic (exact) mass is 698 g/mol. The number of rotatable bonds is 6. The maximum atomic E-state index is 7.12. The van der Waals surface area contributed by atoms with E-state index in [0.29, 0.717) is 0 Å². The van der Waals surface area contributed by atoms with E-state index in [4.69, 9.17) is 5.41 Å². The Morgan fingerprint density at radius 2 is 1.19 bits per heavy atom. The molecule has 0 fully saturated rings. The normalized spacial score (nSPS) is 11.0. The van der Waals surface area contributed by atoms with Crippen LogP contribution in [0.2, 0.25) is 0 Å². The summed E-state index contributed by atoms with van der Waals surface area (Å²) in [5, 5.41) is 18.0. The van der Waals surface area contributed by atoms with Crippen LogP contribution in [0.15, 0.2) is 193 Å². The van der Waals surface area contributed by atoms with Crippen molar-refractivity contribution in [3.8, 4) is 16.8 Å². The van der Waals surface area contributed by atoms with E-state index in [1.54, 1.807) is 6.20 Å². The molecule has 262 valence electrons. The fourth-order valence-corrected chi connectivity index (χ4v) is 7.07. The summed E-state index contributed by atoms with van der Waals surface area (Å²) in [4.78, 5) is 3.62. The number of fused-ring (bicyclic) bond motifs is 5. The van der Waals surface area contributed by atoms with Crippen LogP contribution in [-0.2, 0) is 0 Å². The summed E-state index contributed by atoms with van der Waals surface area (Å²) in [6, 6.07) is 63.7. The standard InChI is InChI=1S/C29H21N.C11H11N.C10H10N2/c1-20-9-2-4-12-23(20)22-17-18-26-25-14-6-7-15-28(25)30(29(26)19-22)27-16-8-11-21-10-3-5-13-24(21)27;1-12-11-8-4-6-9-5-2-3-7-10(9)11;1-12-8-10(7-11)9-5-3-2-4-6-9/h2-19H,1H3;2-8,12H,1H3;2-8,11H,1H2/b;;10-8+,11-7?. The SMILES string of the molecule is C=N/C=C(\C=N)c1ccccc1.CNc1cccc2ccccc12.Cc1ccccc1-c1ccc2c3ccccc3n(-c3cccc4ccccc34)c2c1. The van der Waals surface area contributed by atoms with Crippen molar-refractivity contribution in [2.75, 3.05) is 12.4 Å². The number of aryl methyl sites for hydroxylation is 1. The molecule has 0 aliphatic carbocycles. The number of anilines is 1. The largest absolute Gasteiger partial charge is 0.388 e. The predicted octanol–water partition coefficient (Wildman–Crippen LogP) is 13.2.